The van der Waals surface area contributed by atoms with Gasteiger partial charge in [0.1, 0.15) is 0 Å². The fourth-order valence-corrected chi connectivity index (χ4v) is 4.61. The van der Waals surface area contributed by atoms with Gasteiger partial charge in [0.25, 0.3) is 0 Å². The van der Waals surface area contributed by atoms with E-state index in [4.69, 9.17) is 5.73 Å². The molecule has 0 radical (unpaired) electrons. The van der Waals surface area contributed by atoms with Crippen LogP contribution in [0.4, 0.5) is 4.79 Å². The molecule has 2 atom stereocenters. The maximum Gasteiger partial charge on any atom is 0.315 e. The number of hydrogen-bond donors (Lipinski definition) is 1. The number of benzene rings is 1. The Morgan fingerprint density at radius 1 is 1.33 bits per heavy atom. The van der Waals surface area contributed by atoms with E-state index in [9.17, 15) is 4.79 Å². The summed E-state index contributed by atoms with van der Waals surface area (Å²) < 4.78 is 0. The van der Waals surface area contributed by atoms with Crippen molar-refractivity contribution in [1.29, 1.82) is 0 Å². The van der Waals surface area contributed by atoms with Crippen LogP contribution in [0, 0.1) is 13.8 Å². The lowest BCUT2D eigenvalue weighted by molar-refractivity contribution is -0.0766. The van der Waals surface area contributed by atoms with Gasteiger partial charge in [-0.1, -0.05) is 12.1 Å². The lowest BCUT2D eigenvalue weighted by atomic mass is 9.64. The van der Waals surface area contributed by atoms with Gasteiger partial charge in [0.05, 0.1) is 11.2 Å². The quantitative estimate of drug-likeness (QED) is 0.912. The summed E-state index contributed by atoms with van der Waals surface area (Å²) in [6, 6.07) is 10.5. The largest absolute Gasteiger partial charge is 0.351 e. The second kappa shape index (κ2) is 5.33. The Balaban J connectivity index is 1.85. The number of pyridine rings is 1. The number of piperidine rings is 1. The number of amides is 2. The van der Waals surface area contributed by atoms with Crippen LogP contribution in [0.3, 0.4) is 0 Å². The molecule has 4 heteroatoms. The lowest BCUT2D eigenvalue weighted by Crippen LogP contribution is -2.69. The topological polar surface area (TPSA) is 59.2 Å². The van der Waals surface area contributed by atoms with Gasteiger partial charge in [0, 0.05) is 17.8 Å². The molecule has 1 aliphatic carbocycles. The summed E-state index contributed by atoms with van der Waals surface area (Å²) in [5, 5.41) is 0. The Kier molecular flexibility index (Phi) is 3.37. The third-order valence-electron chi connectivity index (χ3n) is 5.91. The van der Waals surface area contributed by atoms with E-state index in [0.29, 0.717) is 6.04 Å². The van der Waals surface area contributed by atoms with Gasteiger partial charge in [-0.25, -0.2) is 4.79 Å². The van der Waals surface area contributed by atoms with Crippen LogP contribution in [0.15, 0.2) is 36.5 Å². The summed E-state index contributed by atoms with van der Waals surface area (Å²) in [6.45, 7) is 4.27. The fraction of sp³-hybridized carbons (Fsp3) is 0.400. The molecule has 2 bridgehead atoms. The number of carbonyl (C=O) groups excluding carboxylic acids is 1. The van der Waals surface area contributed by atoms with Gasteiger partial charge in [0.15, 0.2) is 0 Å². The van der Waals surface area contributed by atoms with Crippen LogP contribution in [0.25, 0.3) is 11.3 Å². The van der Waals surface area contributed by atoms with Crippen LogP contribution < -0.4 is 5.73 Å². The first-order valence-corrected chi connectivity index (χ1v) is 8.65. The molecule has 3 aliphatic rings. The summed E-state index contributed by atoms with van der Waals surface area (Å²) in [6.07, 6.45) is 6.07. The molecule has 2 amide bonds. The third kappa shape index (κ3) is 2.05. The fourth-order valence-electron chi connectivity index (χ4n) is 4.61. The number of nitrogens with zero attached hydrogens (tertiary/aromatic N) is 2. The molecule has 24 heavy (non-hydrogen) atoms. The highest BCUT2D eigenvalue weighted by molar-refractivity contribution is 5.76. The van der Waals surface area contributed by atoms with E-state index in [1.165, 1.54) is 16.7 Å². The van der Waals surface area contributed by atoms with Crippen LogP contribution in [0.5, 0.6) is 0 Å². The average molecular weight is 321 g/mol. The molecular formula is C20H23N3O. The van der Waals surface area contributed by atoms with Crippen molar-refractivity contribution < 1.29 is 4.79 Å². The molecule has 1 saturated carbocycles. The molecule has 124 valence electrons. The molecule has 2 aromatic rings. The summed E-state index contributed by atoms with van der Waals surface area (Å²) in [5.41, 5.74) is 11.3. The molecule has 3 heterocycles. The van der Waals surface area contributed by atoms with Crippen molar-refractivity contribution in [3.63, 3.8) is 0 Å². The molecule has 2 aliphatic heterocycles. The van der Waals surface area contributed by atoms with Gasteiger partial charge >= 0.3 is 6.03 Å². The second-order valence-electron chi connectivity index (χ2n) is 7.17. The first-order valence-electron chi connectivity index (χ1n) is 8.65. The third-order valence-corrected chi connectivity index (χ3v) is 5.91. The molecule has 1 aromatic carbocycles. The van der Waals surface area contributed by atoms with Crippen molar-refractivity contribution in [2.75, 3.05) is 0 Å². The van der Waals surface area contributed by atoms with Gasteiger partial charge in [-0.15, -0.1) is 0 Å². The lowest BCUT2D eigenvalue weighted by Gasteiger charge is -2.62. The summed E-state index contributed by atoms with van der Waals surface area (Å²) in [4.78, 5) is 18.5. The maximum atomic E-state index is 12.0. The van der Waals surface area contributed by atoms with Crippen molar-refractivity contribution in [3.05, 3.63) is 53.2 Å². The van der Waals surface area contributed by atoms with E-state index in [2.05, 4.69) is 31.0 Å². The number of nitrogens with two attached hydrogens (primary N) is 1. The normalized spacial score (nSPS) is 25.2. The molecule has 2 unspecified atom stereocenters. The Labute approximate surface area is 142 Å². The van der Waals surface area contributed by atoms with Crippen LogP contribution in [0.1, 0.15) is 42.4 Å². The first-order chi connectivity index (χ1) is 11.5. The zero-order chi connectivity index (χ0) is 16.9. The van der Waals surface area contributed by atoms with E-state index in [1.807, 2.05) is 29.3 Å². The Hall–Kier alpha value is -2.36. The minimum absolute atomic E-state index is 0.212. The van der Waals surface area contributed by atoms with Crippen molar-refractivity contribution >= 4 is 6.03 Å². The SMILES string of the molecule is Cc1cc(C23CCCC(C2)N3C(N)=O)cc(-c2ccccn2)c1C. The van der Waals surface area contributed by atoms with Gasteiger partial charge < -0.3 is 10.6 Å². The van der Waals surface area contributed by atoms with Crippen LogP contribution in [0.2, 0.25) is 0 Å². The number of carbonyl (C=O) groups is 1. The van der Waals surface area contributed by atoms with Crippen molar-refractivity contribution in [2.24, 2.45) is 5.73 Å². The smallest absolute Gasteiger partial charge is 0.315 e. The molecule has 2 saturated heterocycles. The molecular weight excluding hydrogens is 298 g/mol. The number of rotatable bonds is 2. The van der Waals surface area contributed by atoms with Crippen molar-refractivity contribution in [1.82, 2.24) is 9.88 Å². The summed E-state index contributed by atoms with van der Waals surface area (Å²) in [7, 11) is 0. The van der Waals surface area contributed by atoms with Crippen molar-refractivity contribution in [2.45, 2.75) is 51.1 Å². The molecule has 4 nitrogen and oxygen atoms in total. The number of hydrogen-bond acceptors (Lipinski definition) is 2. The van der Waals surface area contributed by atoms with Crippen LogP contribution in [-0.4, -0.2) is 22.0 Å². The van der Waals surface area contributed by atoms with Crippen molar-refractivity contribution in [3.8, 4) is 11.3 Å². The van der Waals surface area contributed by atoms with Gasteiger partial charge in [-0.2, -0.15) is 0 Å². The van der Waals surface area contributed by atoms with Crippen LogP contribution in [-0.2, 0) is 5.54 Å². The Morgan fingerprint density at radius 2 is 2.17 bits per heavy atom. The molecule has 3 fully saturated rings. The summed E-state index contributed by atoms with van der Waals surface area (Å²) in [5.74, 6) is 0. The predicted molar refractivity (Wildman–Crippen MR) is 94.5 cm³/mol. The number of aromatic nitrogens is 1. The number of primary amides is 1. The monoisotopic (exact) mass is 321 g/mol. The highest BCUT2D eigenvalue weighted by Crippen LogP contribution is 2.54. The summed E-state index contributed by atoms with van der Waals surface area (Å²) >= 11 is 0. The average Bonchev–Trinajstić information content (AvgIpc) is 2.57. The molecule has 1 aromatic heterocycles. The molecule has 0 spiro atoms. The zero-order valence-corrected chi connectivity index (χ0v) is 14.2. The number of urea groups is 1. The second-order valence-corrected chi connectivity index (χ2v) is 7.17. The standard InChI is InChI=1S/C20H23N3O/c1-13-10-15(11-17(14(13)2)18-7-3-4-9-22-18)20-8-5-6-16(12-20)23(20)19(21)24/h3-4,7,9-11,16H,5-6,8,12H2,1-2H3,(H2,21,24). The highest BCUT2D eigenvalue weighted by Gasteiger charge is 2.56. The minimum atomic E-state index is -0.288. The van der Waals surface area contributed by atoms with E-state index < -0.39 is 0 Å². The van der Waals surface area contributed by atoms with E-state index in [0.717, 1.165) is 36.9 Å². The highest BCUT2D eigenvalue weighted by atomic mass is 16.2. The van der Waals surface area contributed by atoms with Gasteiger partial charge in [-0.05, 0) is 74.4 Å². The molecule has 5 rings (SSSR count). The van der Waals surface area contributed by atoms with Crippen LogP contribution >= 0.6 is 0 Å². The van der Waals surface area contributed by atoms with E-state index >= 15 is 0 Å². The number of aryl methyl sites for hydroxylation is 1. The van der Waals surface area contributed by atoms with Gasteiger partial charge in [0.2, 0.25) is 0 Å². The van der Waals surface area contributed by atoms with E-state index in [1.54, 1.807) is 0 Å². The van der Waals surface area contributed by atoms with Gasteiger partial charge in [-0.3, -0.25) is 4.98 Å². The maximum absolute atomic E-state index is 12.0. The predicted octanol–water partition coefficient (Wildman–Crippen LogP) is 3.90. The van der Waals surface area contributed by atoms with E-state index in [-0.39, 0.29) is 11.6 Å². The Morgan fingerprint density at radius 3 is 2.83 bits per heavy atom. The zero-order valence-electron chi connectivity index (χ0n) is 14.2. The molecule has 2 N–H and O–H groups in total. The first kappa shape index (κ1) is 15.2. The Bertz CT molecular complexity index is 798. The number of fused-ring (bicyclic) bond motifs is 2. The minimum Gasteiger partial charge on any atom is -0.351 e.